The third-order valence-electron chi connectivity index (χ3n) is 1.62. The van der Waals surface area contributed by atoms with E-state index in [1.165, 1.54) is 12.1 Å². The number of carbonyl (C=O) groups is 1. The molecular weight excluding hydrogens is 467 g/mol. The van der Waals surface area contributed by atoms with E-state index in [1.54, 1.807) is 45.2 Å². The number of benzene rings is 1. The van der Waals surface area contributed by atoms with E-state index in [-0.39, 0.29) is 11.3 Å². The van der Waals surface area contributed by atoms with Gasteiger partial charge in [0.15, 0.2) is 6.61 Å². The summed E-state index contributed by atoms with van der Waals surface area (Å²) in [5, 5.41) is 9.42. The molecule has 94 valence electrons. The summed E-state index contributed by atoms with van der Waals surface area (Å²) in [5.74, 6) is -1.09. The van der Waals surface area contributed by atoms with Crippen LogP contribution in [-0.4, -0.2) is 23.9 Å². The molecule has 8 heteroatoms. The van der Waals surface area contributed by atoms with Crippen molar-refractivity contribution in [2.45, 2.75) is 6.18 Å². The molecule has 1 aromatic carbocycles. The lowest BCUT2D eigenvalue weighted by Crippen LogP contribution is -2.20. The molecule has 0 unspecified atom stereocenters. The normalized spacial score (nSPS) is 11.4. The Morgan fingerprint density at radius 2 is 1.76 bits per heavy atom. The lowest BCUT2D eigenvalue weighted by Gasteiger charge is -2.09. The van der Waals surface area contributed by atoms with E-state index < -0.39 is 18.8 Å². The number of hydrogen-bond donors (Lipinski definition) is 1. The molecule has 0 atom stereocenters. The molecule has 0 radical (unpaired) electrons. The van der Waals surface area contributed by atoms with Gasteiger partial charge in [-0.1, -0.05) is 0 Å². The van der Waals surface area contributed by atoms with Crippen LogP contribution >= 0.6 is 45.2 Å². The van der Waals surface area contributed by atoms with Crippen LogP contribution in [0, 0.1) is 7.14 Å². The van der Waals surface area contributed by atoms with Crippen LogP contribution in [-0.2, 0) is 4.74 Å². The van der Waals surface area contributed by atoms with Gasteiger partial charge in [-0.15, -0.1) is 0 Å². The third kappa shape index (κ3) is 4.48. The Kier molecular flexibility index (Phi) is 4.86. The van der Waals surface area contributed by atoms with Gasteiger partial charge in [-0.2, -0.15) is 13.2 Å². The van der Waals surface area contributed by atoms with Crippen molar-refractivity contribution < 1.29 is 27.8 Å². The molecule has 0 aliphatic carbocycles. The van der Waals surface area contributed by atoms with Crippen LogP contribution < -0.4 is 0 Å². The number of phenolic OH excluding ortho intramolecular Hbond substituents is 1. The van der Waals surface area contributed by atoms with Crippen molar-refractivity contribution in [3.8, 4) is 5.75 Å². The Morgan fingerprint density at radius 3 is 2.18 bits per heavy atom. The van der Waals surface area contributed by atoms with Crippen molar-refractivity contribution in [3.63, 3.8) is 0 Å². The minimum absolute atomic E-state index is 0.0152. The summed E-state index contributed by atoms with van der Waals surface area (Å²) in [6, 6.07) is 2.52. The van der Waals surface area contributed by atoms with Crippen LogP contribution in [0.4, 0.5) is 13.2 Å². The summed E-state index contributed by atoms with van der Waals surface area (Å²) >= 11 is 3.54. The van der Waals surface area contributed by atoms with E-state index in [1.807, 2.05) is 0 Å². The second-order valence-electron chi connectivity index (χ2n) is 2.98. The summed E-state index contributed by atoms with van der Waals surface area (Å²) in [6.07, 6.45) is -4.55. The van der Waals surface area contributed by atoms with Gasteiger partial charge in [0.05, 0.1) is 12.7 Å². The molecule has 0 fully saturated rings. The second-order valence-corrected chi connectivity index (χ2v) is 5.30. The fourth-order valence-electron chi connectivity index (χ4n) is 0.914. The summed E-state index contributed by atoms with van der Waals surface area (Å²) in [6.45, 7) is -1.63. The highest BCUT2D eigenvalue weighted by atomic mass is 127. The van der Waals surface area contributed by atoms with E-state index in [4.69, 9.17) is 0 Å². The number of aromatic hydroxyl groups is 1. The van der Waals surface area contributed by atoms with E-state index in [0.29, 0.717) is 7.14 Å². The van der Waals surface area contributed by atoms with Crippen molar-refractivity contribution in [2.75, 3.05) is 6.61 Å². The smallest absolute Gasteiger partial charge is 0.422 e. The van der Waals surface area contributed by atoms with Crippen LogP contribution in [0.25, 0.3) is 0 Å². The van der Waals surface area contributed by atoms with Gasteiger partial charge in [-0.05, 0) is 57.3 Å². The van der Waals surface area contributed by atoms with Gasteiger partial charge in [0, 0.05) is 0 Å². The SMILES string of the molecule is O=C(OCC(F)(F)F)c1cc(I)c(O)c(I)c1. The van der Waals surface area contributed by atoms with Crippen LogP contribution in [0.2, 0.25) is 0 Å². The first-order valence-corrected chi connectivity index (χ1v) is 6.28. The van der Waals surface area contributed by atoms with E-state index >= 15 is 0 Å². The van der Waals surface area contributed by atoms with Crippen molar-refractivity contribution in [3.05, 3.63) is 24.8 Å². The van der Waals surface area contributed by atoms with Crippen molar-refractivity contribution in [1.29, 1.82) is 0 Å². The molecule has 17 heavy (non-hydrogen) atoms. The van der Waals surface area contributed by atoms with Gasteiger partial charge in [0.25, 0.3) is 0 Å². The maximum Gasteiger partial charge on any atom is 0.422 e. The highest BCUT2D eigenvalue weighted by molar-refractivity contribution is 14.1. The fraction of sp³-hybridized carbons (Fsp3) is 0.222. The number of rotatable bonds is 2. The van der Waals surface area contributed by atoms with Crippen LogP contribution in [0.5, 0.6) is 5.75 Å². The van der Waals surface area contributed by atoms with Crippen LogP contribution in [0.15, 0.2) is 12.1 Å². The summed E-state index contributed by atoms with van der Waals surface area (Å²) in [4.78, 5) is 11.3. The first kappa shape index (κ1) is 14.8. The van der Waals surface area contributed by atoms with Gasteiger partial charge in [-0.25, -0.2) is 4.79 Å². The van der Waals surface area contributed by atoms with Crippen LogP contribution in [0.3, 0.4) is 0 Å². The standard InChI is InChI=1S/C9H5F3I2O3/c10-9(11,12)3-17-8(16)4-1-5(13)7(15)6(14)2-4/h1-2,15H,3H2. The Labute approximate surface area is 122 Å². The minimum atomic E-state index is -4.55. The highest BCUT2D eigenvalue weighted by Crippen LogP contribution is 2.27. The zero-order valence-electron chi connectivity index (χ0n) is 8.02. The lowest BCUT2D eigenvalue weighted by molar-refractivity contribution is -0.161. The van der Waals surface area contributed by atoms with Gasteiger partial charge in [0.1, 0.15) is 5.75 Å². The molecule has 0 bridgehead atoms. The van der Waals surface area contributed by atoms with E-state index in [2.05, 4.69) is 4.74 Å². The molecule has 0 aliphatic rings. The Bertz CT molecular complexity index is 423. The average Bonchev–Trinajstić information content (AvgIpc) is 2.20. The number of halogens is 5. The Balaban J connectivity index is 2.84. The molecule has 0 saturated heterocycles. The first-order chi connectivity index (χ1) is 7.70. The maximum absolute atomic E-state index is 11.8. The number of esters is 1. The van der Waals surface area contributed by atoms with E-state index in [0.717, 1.165) is 0 Å². The zero-order valence-corrected chi connectivity index (χ0v) is 12.3. The molecule has 1 rings (SSSR count). The molecule has 0 aromatic heterocycles. The van der Waals surface area contributed by atoms with E-state index in [9.17, 15) is 23.1 Å². The largest absolute Gasteiger partial charge is 0.506 e. The average molecular weight is 472 g/mol. The van der Waals surface area contributed by atoms with Crippen molar-refractivity contribution in [2.24, 2.45) is 0 Å². The summed E-state index contributed by atoms with van der Waals surface area (Å²) < 4.78 is 40.3. The van der Waals surface area contributed by atoms with Gasteiger partial charge < -0.3 is 9.84 Å². The van der Waals surface area contributed by atoms with Gasteiger partial charge in [0.2, 0.25) is 0 Å². The summed E-state index contributed by atoms with van der Waals surface area (Å²) in [7, 11) is 0. The fourth-order valence-corrected chi connectivity index (χ4v) is 2.68. The third-order valence-corrected chi connectivity index (χ3v) is 3.26. The maximum atomic E-state index is 11.8. The lowest BCUT2D eigenvalue weighted by atomic mass is 10.2. The zero-order chi connectivity index (χ0) is 13.2. The van der Waals surface area contributed by atoms with Crippen LogP contribution in [0.1, 0.15) is 10.4 Å². The molecular formula is C9H5F3I2O3. The molecule has 1 aromatic rings. The summed E-state index contributed by atoms with van der Waals surface area (Å²) in [5.41, 5.74) is -0.0270. The first-order valence-electron chi connectivity index (χ1n) is 4.12. The predicted octanol–water partition coefficient (Wildman–Crippen LogP) is 3.32. The number of phenols is 1. The Hall–Kier alpha value is -0.260. The molecule has 0 amide bonds. The van der Waals surface area contributed by atoms with Gasteiger partial charge in [-0.3, -0.25) is 0 Å². The predicted molar refractivity (Wildman–Crippen MR) is 69.9 cm³/mol. The van der Waals surface area contributed by atoms with Gasteiger partial charge >= 0.3 is 12.1 Å². The minimum Gasteiger partial charge on any atom is -0.506 e. The van der Waals surface area contributed by atoms with Crippen molar-refractivity contribution in [1.82, 2.24) is 0 Å². The molecule has 0 saturated carbocycles. The molecule has 3 nitrogen and oxygen atoms in total. The number of carbonyl (C=O) groups excluding carboxylic acids is 1. The molecule has 0 spiro atoms. The number of alkyl halides is 3. The monoisotopic (exact) mass is 472 g/mol. The number of hydrogen-bond acceptors (Lipinski definition) is 3. The molecule has 0 heterocycles. The van der Waals surface area contributed by atoms with Crippen molar-refractivity contribution >= 4 is 51.2 Å². The topological polar surface area (TPSA) is 46.5 Å². The molecule has 1 N–H and O–H groups in total. The molecule has 0 aliphatic heterocycles. The Morgan fingerprint density at radius 1 is 1.29 bits per heavy atom. The highest BCUT2D eigenvalue weighted by Gasteiger charge is 2.30. The second kappa shape index (κ2) is 5.59. The number of ether oxygens (including phenoxy) is 1. The quantitative estimate of drug-likeness (QED) is 0.531.